The van der Waals surface area contributed by atoms with Crippen molar-refractivity contribution < 1.29 is 18.0 Å². The highest BCUT2D eigenvalue weighted by molar-refractivity contribution is 5.78. The molecule has 0 aliphatic carbocycles. The minimum atomic E-state index is -0.992. The van der Waals surface area contributed by atoms with E-state index in [1.54, 1.807) is 0 Å². The van der Waals surface area contributed by atoms with E-state index in [1.807, 2.05) is 0 Å². The second-order valence-corrected chi connectivity index (χ2v) is 2.56. The van der Waals surface area contributed by atoms with Gasteiger partial charge in [0, 0.05) is 6.54 Å². The van der Waals surface area contributed by atoms with Crippen LogP contribution in [0, 0.1) is 11.6 Å². The average Bonchev–Trinajstić information content (AvgIpc) is 2.18. The standard InChI is InChI=1S/C9H8F3NO/c10-3-4-13-8-2-1-7(11)6(5-14)9(8)12/h1-2,5,13H,3-4H2. The molecule has 0 bridgehead atoms. The Hall–Kier alpha value is -1.52. The van der Waals surface area contributed by atoms with Gasteiger partial charge >= 0.3 is 0 Å². The van der Waals surface area contributed by atoms with Crippen LogP contribution in [-0.2, 0) is 0 Å². The number of benzene rings is 1. The summed E-state index contributed by atoms with van der Waals surface area (Å²) in [5.74, 6) is -1.92. The van der Waals surface area contributed by atoms with Gasteiger partial charge in [0.2, 0.25) is 0 Å². The number of hydrogen-bond acceptors (Lipinski definition) is 2. The molecule has 1 N–H and O–H groups in total. The van der Waals surface area contributed by atoms with Crippen LogP contribution in [0.15, 0.2) is 12.1 Å². The predicted molar refractivity (Wildman–Crippen MR) is 46.2 cm³/mol. The Bertz CT molecular complexity index is 341. The van der Waals surface area contributed by atoms with E-state index in [4.69, 9.17) is 0 Å². The van der Waals surface area contributed by atoms with Gasteiger partial charge in [0.05, 0.1) is 11.3 Å². The summed E-state index contributed by atoms with van der Waals surface area (Å²) in [6.45, 7) is -0.756. The van der Waals surface area contributed by atoms with Crippen LogP contribution in [0.25, 0.3) is 0 Å². The van der Waals surface area contributed by atoms with Gasteiger partial charge in [0.25, 0.3) is 0 Å². The van der Waals surface area contributed by atoms with Crippen LogP contribution in [0.1, 0.15) is 10.4 Å². The first kappa shape index (κ1) is 10.6. The molecule has 0 saturated carbocycles. The second kappa shape index (κ2) is 4.64. The van der Waals surface area contributed by atoms with Crippen LogP contribution in [0.2, 0.25) is 0 Å². The lowest BCUT2D eigenvalue weighted by molar-refractivity contribution is 0.111. The fourth-order valence-electron chi connectivity index (χ4n) is 0.996. The number of alkyl halides is 1. The van der Waals surface area contributed by atoms with E-state index in [-0.39, 0.29) is 18.5 Å². The number of aldehydes is 1. The quantitative estimate of drug-likeness (QED) is 0.759. The summed E-state index contributed by atoms with van der Waals surface area (Å²) in [7, 11) is 0. The summed E-state index contributed by atoms with van der Waals surface area (Å²) in [5.41, 5.74) is -0.722. The Labute approximate surface area is 78.7 Å². The molecule has 0 spiro atoms. The number of anilines is 1. The number of carbonyl (C=O) groups excluding carboxylic acids is 1. The van der Waals surface area contributed by atoms with Crippen molar-refractivity contribution in [2.75, 3.05) is 18.5 Å². The number of nitrogens with one attached hydrogen (secondary N) is 1. The molecule has 5 heteroatoms. The molecule has 76 valence electrons. The first-order valence-electron chi connectivity index (χ1n) is 3.93. The minimum Gasteiger partial charge on any atom is -0.380 e. The van der Waals surface area contributed by atoms with Gasteiger partial charge in [0.15, 0.2) is 12.1 Å². The molecule has 0 aromatic heterocycles. The normalized spacial score (nSPS) is 9.93. The molecule has 14 heavy (non-hydrogen) atoms. The van der Waals surface area contributed by atoms with Gasteiger partial charge in [-0.2, -0.15) is 0 Å². The molecular weight excluding hydrogens is 195 g/mol. The van der Waals surface area contributed by atoms with Crippen LogP contribution in [0.5, 0.6) is 0 Å². The van der Waals surface area contributed by atoms with Crippen LogP contribution in [-0.4, -0.2) is 19.5 Å². The Kier molecular flexibility index (Phi) is 3.50. The maximum Gasteiger partial charge on any atom is 0.159 e. The van der Waals surface area contributed by atoms with Crippen molar-refractivity contribution >= 4 is 12.0 Å². The zero-order valence-corrected chi connectivity index (χ0v) is 7.19. The van der Waals surface area contributed by atoms with Crippen molar-refractivity contribution in [2.45, 2.75) is 0 Å². The molecule has 2 nitrogen and oxygen atoms in total. The minimum absolute atomic E-state index is 0.0776. The molecule has 1 aromatic rings. The molecule has 0 atom stereocenters. The van der Waals surface area contributed by atoms with Crippen LogP contribution in [0.4, 0.5) is 18.9 Å². The SMILES string of the molecule is O=Cc1c(F)ccc(NCCF)c1F. The maximum atomic E-state index is 13.2. The van der Waals surface area contributed by atoms with Gasteiger partial charge in [0.1, 0.15) is 12.5 Å². The molecule has 0 aliphatic heterocycles. The molecule has 0 saturated heterocycles. The Morgan fingerprint density at radius 1 is 1.36 bits per heavy atom. The first-order chi connectivity index (χ1) is 6.70. The molecule has 0 fully saturated rings. The van der Waals surface area contributed by atoms with Gasteiger partial charge in [-0.1, -0.05) is 0 Å². The largest absolute Gasteiger partial charge is 0.380 e. The number of carbonyl (C=O) groups is 1. The summed E-state index contributed by atoms with van der Waals surface area (Å²) >= 11 is 0. The van der Waals surface area contributed by atoms with Crippen molar-refractivity contribution in [3.05, 3.63) is 29.3 Å². The van der Waals surface area contributed by atoms with Crippen LogP contribution in [0.3, 0.4) is 0 Å². The Morgan fingerprint density at radius 2 is 2.07 bits per heavy atom. The van der Waals surface area contributed by atoms with E-state index < -0.39 is 23.9 Å². The summed E-state index contributed by atoms with van der Waals surface area (Å²) in [6, 6.07) is 2.07. The van der Waals surface area contributed by atoms with E-state index in [1.165, 1.54) is 0 Å². The third-order valence-corrected chi connectivity index (χ3v) is 1.65. The molecule has 1 rings (SSSR count). The number of halogens is 3. The molecule has 0 amide bonds. The zero-order chi connectivity index (χ0) is 10.6. The monoisotopic (exact) mass is 203 g/mol. The fourth-order valence-corrected chi connectivity index (χ4v) is 0.996. The Balaban J connectivity index is 3.02. The molecule has 0 aliphatic rings. The average molecular weight is 203 g/mol. The van der Waals surface area contributed by atoms with E-state index in [0.717, 1.165) is 12.1 Å². The predicted octanol–water partition coefficient (Wildman–Crippen LogP) is 2.16. The third kappa shape index (κ3) is 2.04. The number of rotatable bonds is 4. The van der Waals surface area contributed by atoms with Gasteiger partial charge in [-0.3, -0.25) is 4.79 Å². The van der Waals surface area contributed by atoms with E-state index in [2.05, 4.69) is 5.32 Å². The summed E-state index contributed by atoms with van der Waals surface area (Å²) < 4.78 is 37.7. The van der Waals surface area contributed by atoms with Crippen molar-refractivity contribution in [3.63, 3.8) is 0 Å². The summed E-state index contributed by atoms with van der Waals surface area (Å²) in [5, 5.41) is 2.39. The van der Waals surface area contributed by atoms with E-state index in [9.17, 15) is 18.0 Å². The lowest BCUT2D eigenvalue weighted by atomic mass is 10.2. The molecule has 0 heterocycles. The van der Waals surface area contributed by atoms with Crippen LogP contribution >= 0.6 is 0 Å². The van der Waals surface area contributed by atoms with Gasteiger partial charge in [-0.25, -0.2) is 13.2 Å². The van der Waals surface area contributed by atoms with Crippen molar-refractivity contribution in [3.8, 4) is 0 Å². The highest BCUT2D eigenvalue weighted by Gasteiger charge is 2.12. The fraction of sp³-hybridized carbons (Fsp3) is 0.222. The first-order valence-corrected chi connectivity index (χ1v) is 3.93. The molecule has 1 aromatic carbocycles. The second-order valence-electron chi connectivity index (χ2n) is 2.56. The highest BCUT2D eigenvalue weighted by Crippen LogP contribution is 2.19. The summed E-state index contributed by atoms with van der Waals surface area (Å²) in [4.78, 5) is 10.3. The smallest absolute Gasteiger partial charge is 0.159 e. The van der Waals surface area contributed by atoms with Gasteiger partial charge < -0.3 is 5.32 Å². The Morgan fingerprint density at radius 3 is 2.64 bits per heavy atom. The molecule has 0 unspecified atom stereocenters. The lowest BCUT2D eigenvalue weighted by Gasteiger charge is -2.06. The third-order valence-electron chi connectivity index (χ3n) is 1.65. The maximum absolute atomic E-state index is 13.2. The van der Waals surface area contributed by atoms with Gasteiger partial charge in [-0.05, 0) is 12.1 Å². The number of hydrogen-bond donors (Lipinski definition) is 1. The van der Waals surface area contributed by atoms with Crippen molar-refractivity contribution in [1.29, 1.82) is 0 Å². The van der Waals surface area contributed by atoms with Gasteiger partial charge in [-0.15, -0.1) is 0 Å². The van der Waals surface area contributed by atoms with E-state index in [0.29, 0.717) is 0 Å². The summed E-state index contributed by atoms with van der Waals surface area (Å²) in [6.07, 6.45) is 0.0886. The molecule has 0 radical (unpaired) electrons. The lowest BCUT2D eigenvalue weighted by Crippen LogP contribution is -2.07. The van der Waals surface area contributed by atoms with E-state index >= 15 is 0 Å². The zero-order valence-electron chi connectivity index (χ0n) is 7.19. The van der Waals surface area contributed by atoms with Crippen molar-refractivity contribution in [1.82, 2.24) is 0 Å². The van der Waals surface area contributed by atoms with Crippen LogP contribution < -0.4 is 5.32 Å². The highest BCUT2D eigenvalue weighted by atomic mass is 19.1. The topological polar surface area (TPSA) is 29.1 Å². The van der Waals surface area contributed by atoms with Crippen molar-refractivity contribution in [2.24, 2.45) is 0 Å². The molecular formula is C9H8F3NO.